The van der Waals surface area contributed by atoms with Crippen molar-refractivity contribution in [2.45, 2.75) is 128 Å². The van der Waals surface area contributed by atoms with Crippen LogP contribution in [0.2, 0.25) is 0 Å². The second-order valence-electron chi connectivity index (χ2n) is 8.44. The van der Waals surface area contributed by atoms with E-state index in [9.17, 15) is 0 Å². The maximum absolute atomic E-state index is 5.06. The number of hydrogen-bond donors (Lipinski definition) is 1. The second-order valence-corrected chi connectivity index (χ2v) is 8.44. The molecule has 0 unspecified atom stereocenters. The van der Waals surface area contributed by atoms with Crippen LogP contribution in [0.4, 0.5) is 0 Å². The Kier molecular flexibility index (Phi) is 30.4. The van der Waals surface area contributed by atoms with Gasteiger partial charge in [0.2, 0.25) is 0 Å². The zero-order valence-corrected chi connectivity index (χ0v) is 25.0. The number of aliphatic imine (C=N–C) groups is 2. The van der Waals surface area contributed by atoms with Gasteiger partial charge >= 0.3 is 0 Å². The van der Waals surface area contributed by atoms with Crippen molar-refractivity contribution in [1.29, 1.82) is 0 Å². The maximum atomic E-state index is 5.06. The highest BCUT2D eigenvalue weighted by molar-refractivity contribution is 5.86. The summed E-state index contributed by atoms with van der Waals surface area (Å²) in [5, 5.41) is 4.04. The van der Waals surface area contributed by atoms with Crippen molar-refractivity contribution in [1.82, 2.24) is 5.48 Å². The van der Waals surface area contributed by atoms with E-state index >= 15 is 0 Å². The molecule has 1 N–H and O–H groups in total. The zero-order valence-electron chi connectivity index (χ0n) is 25.0. The summed E-state index contributed by atoms with van der Waals surface area (Å²) in [5.41, 5.74) is 5.37. The predicted molar refractivity (Wildman–Crippen MR) is 153 cm³/mol. The van der Waals surface area contributed by atoms with Gasteiger partial charge in [0.05, 0.1) is 5.71 Å². The van der Waals surface area contributed by atoms with Crippen LogP contribution in [0.15, 0.2) is 15.1 Å². The first-order valence-electron chi connectivity index (χ1n) is 14.1. The van der Waals surface area contributed by atoms with Gasteiger partial charge in [0.1, 0.15) is 12.4 Å². The van der Waals surface area contributed by atoms with Crippen molar-refractivity contribution in [2.75, 3.05) is 19.9 Å². The van der Waals surface area contributed by atoms with Crippen LogP contribution < -0.4 is 5.48 Å². The monoisotopic (exact) mass is 484 g/mol. The molecule has 0 aromatic rings. The van der Waals surface area contributed by atoms with Gasteiger partial charge in [-0.1, -0.05) is 94.7 Å². The fourth-order valence-electron chi connectivity index (χ4n) is 2.95. The highest BCUT2D eigenvalue weighted by atomic mass is 16.7. The van der Waals surface area contributed by atoms with Crippen LogP contribution in [0.1, 0.15) is 128 Å². The fraction of sp³-hybridized carbons (Fsp3) is 0.893. The number of nitrogens with one attached hydrogen (secondary N) is 1. The lowest BCUT2D eigenvalue weighted by Crippen LogP contribution is -2.21. The number of nitrogens with zero attached hydrogens (tertiary/aromatic N) is 3. The van der Waals surface area contributed by atoms with Crippen molar-refractivity contribution >= 4 is 17.3 Å². The highest BCUT2D eigenvalue weighted by Gasteiger charge is 2.09. The molecule has 0 amide bonds. The summed E-state index contributed by atoms with van der Waals surface area (Å²) in [6, 6.07) is 0. The molecule has 3 aliphatic rings. The van der Waals surface area contributed by atoms with Crippen LogP contribution in [-0.2, 0) is 9.68 Å². The van der Waals surface area contributed by atoms with Crippen molar-refractivity contribution in [3.8, 4) is 0 Å². The Hall–Kier alpha value is -1.43. The van der Waals surface area contributed by atoms with E-state index in [1.165, 1.54) is 43.5 Å². The van der Waals surface area contributed by atoms with Gasteiger partial charge in [0.15, 0.2) is 6.73 Å². The van der Waals surface area contributed by atoms with Crippen molar-refractivity contribution in [2.24, 2.45) is 32.9 Å². The minimum absolute atomic E-state index is 0.456. The summed E-state index contributed by atoms with van der Waals surface area (Å²) >= 11 is 0. The number of amidine groups is 1. The van der Waals surface area contributed by atoms with E-state index in [4.69, 9.17) is 9.68 Å². The molecule has 0 aromatic carbocycles. The Morgan fingerprint density at radius 3 is 1.68 bits per heavy atom. The molecular weight excluding hydrogens is 424 g/mol. The molecule has 0 spiro atoms. The number of hydroxylamine groups is 1. The summed E-state index contributed by atoms with van der Waals surface area (Å²) in [6.45, 7) is 27.3. The lowest BCUT2D eigenvalue weighted by Gasteiger charge is -2.05. The highest BCUT2D eigenvalue weighted by Crippen LogP contribution is 2.12. The van der Waals surface area contributed by atoms with Gasteiger partial charge < -0.3 is 4.84 Å². The first-order valence-corrected chi connectivity index (χ1v) is 14.1. The summed E-state index contributed by atoms with van der Waals surface area (Å²) < 4.78 is 0. The van der Waals surface area contributed by atoms with E-state index < -0.39 is 0 Å². The van der Waals surface area contributed by atoms with Crippen LogP contribution in [0.5, 0.6) is 0 Å². The first kappa shape index (κ1) is 37.1. The third kappa shape index (κ3) is 21.1. The van der Waals surface area contributed by atoms with Crippen LogP contribution in [-0.4, -0.2) is 37.1 Å². The average Bonchev–Trinajstić information content (AvgIpc) is 3.09. The SMILES string of the molecule is CC.CC.CC.CC(C)C1=NCCCCC1.CC(C)C1=NCON1.CC(C)C1=NOCCCC1. The molecule has 0 radical (unpaired) electrons. The van der Waals surface area contributed by atoms with Crippen molar-refractivity contribution in [3.05, 3.63) is 0 Å². The molecule has 0 saturated heterocycles. The molecule has 6 nitrogen and oxygen atoms in total. The standard InChI is InChI=1S/C9H17N.C8H15NO.C5H10N2O.3C2H6/c1-8(2)9-6-4-3-5-7-10-9;1-7(2)8-5-3-4-6-10-9-8;1-4(2)5-6-3-8-7-5;3*1-2/h8H,3-7H2,1-2H3;7H,3-6H2,1-2H3;4H,3H2,1-2H3,(H,6,7);3*1-2H3. The Morgan fingerprint density at radius 2 is 1.21 bits per heavy atom. The van der Waals surface area contributed by atoms with Crippen molar-refractivity contribution < 1.29 is 9.68 Å². The Labute approximate surface area is 213 Å². The third-order valence-corrected chi connectivity index (χ3v) is 4.86. The number of oxime groups is 1. The lowest BCUT2D eigenvalue weighted by molar-refractivity contribution is 0.113. The number of hydrogen-bond acceptors (Lipinski definition) is 6. The van der Waals surface area contributed by atoms with Gasteiger partial charge in [-0.05, 0) is 50.4 Å². The van der Waals surface area contributed by atoms with Crippen LogP contribution in [0.3, 0.4) is 0 Å². The second kappa shape index (κ2) is 27.8. The summed E-state index contributed by atoms with van der Waals surface area (Å²) in [4.78, 5) is 18.4. The molecule has 3 rings (SSSR count). The molecule has 3 aliphatic heterocycles. The largest absolute Gasteiger partial charge is 0.396 e. The molecule has 0 aromatic heterocycles. The van der Waals surface area contributed by atoms with Crippen LogP contribution >= 0.6 is 0 Å². The predicted octanol–water partition coefficient (Wildman–Crippen LogP) is 8.47. The quantitative estimate of drug-likeness (QED) is 0.437. The molecule has 34 heavy (non-hydrogen) atoms. The Balaban J connectivity index is -0.000000383. The molecule has 0 aliphatic carbocycles. The summed E-state index contributed by atoms with van der Waals surface area (Å²) in [6.07, 6.45) is 8.79. The number of rotatable bonds is 3. The van der Waals surface area contributed by atoms with E-state index in [-0.39, 0.29) is 0 Å². The normalized spacial score (nSPS) is 16.7. The average molecular weight is 485 g/mol. The Bertz CT molecular complexity index is 481. The first-order chi connectivity index (χ1) is 16.4. The summed E-state index contributed by atoms with van der Waals surface area (Å²) in [7, 11) is 0. The van der Waals surface area contributed by atoms with E-state index in [1.807, 2.05) is 41.5 Å². The molecule has 6 heteroatoms. The molecule has 0 saturated carbocycles. The molecule has 204 valence electrons. The van der Waals surface area contributed by atoms with Gasteiger partial charge in [0.25, 0.3) is 0 Å². The lowest BCUT2D eigenvalue weighted by atomic mass is 10.0. The van der Waals surface area contributed by atoms with E-state index in [0.717, 1.165) is 31.8 Å². The smallest absolute Gasteiger partial charge is 0.166 e. The van der Waals surface area contributed by atoms with Gasteiger partial charge in [-0.3, -0.25) is 15.3 Å². The zero-order chi connectivity index (χ0) is 26.8. The third-order valence-electron chi connectivity index (χ3n) is 4.86. The fourth-order valence-corrected chi connectivity index (χ4v) is 2.95. The van der Waals surface area contributed by atoms with E-state index in [0.29, 0.717) is 24.5 Å². The van der Waals surface area contributed by atoms with Crippen molar-refractivity contribution in [3.63, 3.8) is 0 Å². The van der Waals surface area contributed by atoms with E-state index in [1.54, 1.807) is 0 Å². The Morgan fingerprint density at radius 1 is 0.647 bits per heavy atom. The summed E-state index contributed by atoms with van der Waals surface area (Å²) in [5.74, 6) is 2.64. The van der Waals surface area contributed by atoms with Gasteiger partial charge in [0, 0.05) is 18.2 Å². The molecule has 0 bridgehead atoms. The maximum Gasteiger partial charge on any atom is 0.166 e. The van der Waals surface area contributed by atoms with E-state index in [2.05, 4.69) is 62.2 Å². The topological polar surface area (TPSA) is 67.6 Å². The minimum Gasteiger partial charge on any atom is -0.396 e. The van der Waals surface area contributed by atoms with Crippen LogP contribution in [0.25, 0.3) is 0 Å². The van der Waals surface area contributed by atoms with Gasteiger partial charge in [-0.15, -0.1) is 0 Å². The minimum atomic E-state index is 0.456. The van der Waals surface area contributed by atoms with Gasteiger partial charge in [-0.2, -0.15) is 0 Å². The molecule has 0 fully saturated rings. The molecular formula is C28H60N4O2. The molecule has 0 atom stereocenters. The molecule has 3 heterocycles. The van der Waals surface area contributed by atoms with Crippen LogP contribution in [0, 0.1) is 17.8 Å². The van der Waals surface area contributed by atoms with Gasteiger partial charge in [-0.25, -0.2) is 4.99 Å².